The fraction of sp³-hybridized carbons (Fsp3) is 0.250. The lowest BCUT2D eigenvalue weighted by Gasteiger charge is -2.11. The number of rotatable bonds is 4. The maximum Gasteiger partial charge on any atom is 0.261 e. The Kier molecular flexibility index (Phi) is 3.90. The highest BCUT2D eigenvalue weighted by atomic mass is 32.1. The van der Waals surface area contributed by atoms with Crippen molar-refractivity contribution in [2.45, 2.75) is 6.04 Å². The highest BCUT2D eigenvalue weighted by Gasteiger charge is 2.15. The highest BCUT2D eigenvalue weighted by Crippen LogP contribution is 2.27. The van der Waals surface area contributed by atoms with Crippen molar-refractivity contribution in [1.82, 2.24) is 5.32 Å². The van der Waals surface area contributed by atoms with Crippen molar-refractivity contribution >= 4 is 27.3 Å². The lowest BCUT2D eigenvalue weighted by atomic mass is 10.2. The van der Waals surface area contributed by atoms with Gasteiger partial charge in [-0.05, 0) is 18.2 Å². The van der Waals surface area contributed by atoms with E-state index in [0.717, 1.165) is 0 Å². The number of carbonyl (C=O) groups is 1. The summed E-state index contributed by atoms with van der Waals surface area (Å²) in [6.07, 6.45) is 0. The van der Waals surface area contributed by atoms with E-state index < -0.39 is 11.9 Å². The van der Waals surface area contributed by atoms with Crippen LogP contribution in [0, 0.1) is 5.82 Å². The number of halogens is 1. The van der Waals surface area contributed by atoms with Gasteiger partial charge in [-0.3, -0.25) is 4.79 Å². The summed E-state index contributed by atoms with van der Waals surface area (Å²) in [5.41, 5.74) is 0. The van der Waals surface area contributed by atoms with Crippen LogP contribution in [-0.2, 0) is 0 Å². The highest BCUT2D eigenvalue weighted by molar-refractivity contribution is 7.20. The number of hydrogen-bond donors (Lipinski definition) is 3. The molecule has 2 rings (SSSR count). The second-order valence-electron chi connectivity index (χ2n) is 3.80. The second-order valence-corrected chi connectivity index (χ2v) is 4.88. The van der Waals surface area contributed by atoms with Gasteiger partial charge in [0.2, 0.25) is 0 Å². The molecule has 2 aromatic rings. The number of nitrogens with one attached hydrogen (secondary N) is 1. The molecule has 0 saturated carbocycles. The molecule has 6 heteroatoms. The van der Waals surface area contributed by atoms with Gasteiger partial charge in [0, 0.05) is 10.1 Å². The van der Waals surface area contributed by atoms with Crippen LogP contribution < -0.4 is 5.32 Å². The quantitative estimate of drug-likeness (QED) is 0.779. The Morgan fingerprint density at radius 2 is 2.11 bits per heavy atom. The molecule has 1 amide bonds. The van der Waals surface area contributed by atoms with Crippen molar-refractivity contribution in [3.8, 4) is 0 Å². The van der Waals surface area contributed by atoms with Gasteiger partial charge in [0.25, 0.3) is 5.91 Å². The summed E-state index contributed by atoms with van der Waals surface area (Å²) in [5.74, 6) is -0.799. The molecule has 3 N–H and O–H groups in total. The van der Waals surface area contributed by atoms with Gasteiger partial charge in [-0.15, -0.1) is 11.3 Å². The van der Waals surface area contributed by atoms with Gasteiger partial charge >= 0.3 is 0 Å². The summed E-state index contributed by atoms with van der Waals surface area (Å²) in [5, 5.41) is 20.6. The maximum absolute atomic E-state index is 13.5. The average molecular weight is 269 g/mol. The van der Waals surface area contributed by atoms with E-state index in [-0.39, 0.29) is 19.0 Å². The fourth-order valence-corrected chi connectivity index (χ4v) is 2.52. The van der Waals surface area contributed by atoms with E-state index in [1.807, 2.05) is 0 Å². The molecule has 0 atom stereocenters. The van der Waals surface area contributed by atoms with E-state index in [1.54, 1.807) is 12.1 Å². The van der Waals surface area contributed by atoms with Crippen LogP contribution in [0.4, 0.5) is 4.39 Å². The number of fused-ring (bicyclic) bond motifs is 1. The number of amides is 1. The normalized spacial score (nSPS) is 11.1. The zero-order valence-corrected chi connectivity index (χ0v) is 10.2. The minimum Gasteiger partial charge on any atom is -0.394 e. The van der Waals surface area contributed by atoms with Gasteiger partial charge in [0.05, 0.1) is 24.1 Å². The Hall–Kier alpha value is -1.50. The number of aliphatic hydroxyl groups is 2. The average Bonchev–Trinajstić information content (AvgIpc) is 2.81. The van der Waals surface area contributed by atoms with E-state index in [9.17, 15) is 9.18 Å². The van der Waals surface area contributed by atoms with Crippen molar-refractivity contribution in [3.63, 3.8) is 0 Å². The largest absolute Gasteiger partial charge is 0.394 e. The number of carbonyl (C=O) groups excluding carboxylic acids is 1. The van der Waals surface area contributed by atoms with E-state index >= 15 is 0 Å². The van der Waals surface area contributed by atoms with E-state index in [2.05, 4.69) is 5.32 Å². The summed E-state index contributed by atoms with van der Waals surface area (Å²) < 4.78 is 14.1. The van der Waals surface area contributed by atoms with E-state index in [1.165, 1.54) is 23.5 Å². The molecule has 0 saturated heterocycles. The Bertz CT molecular complexity index is 565. The summed E-state index contributed by atoms with van der Waals surface area (Å²) in [6, 6.07) is 5.42. The first-order valence-electron chi connectivity index (χ1n) is 5.36. The molecule has 1 heterocycles. The second kappa shape index (κ2) is 5.43. The Balaban J connectivity index is 2.26. The number of thiophene rings is 1. The molecule has 0 unspecified atom stereocenters. The number of hydrogen-bond acceptors (Lipinski definition) is 4. The summed E-state index contributed by atoms with van der Waals surface area (Å²) >= 11 is 1.17. The molecule has 0 aliphatic heterocycles. The molecule has 0 bridgehead atoms. The number of aliphatic hydroxyl groups excluding tert-OH is 2. The summed E-state index contributed by atoms with van der Waals surface area (Å²) in [6.45, 7) is -0.691. The maximum atomic E-state index is 13.5. The third-order valence-electron chi connectivity index (χ3n) is 2.51. The van der Waals surface area contributed by atoms with Crippen molar-refractivity contribution < 1.29 is 19.4 Å². The molecule has 1 aromatic heterocycles. The molecular formula is C12H12FNO3S. The van der Waals surface area contributed by atoms with Gasteiger partial charge in [0.15, 0.2) is 0 Å². The molecule has 96 valence electrons. The Morgan fingerprint density at radius 3 is 2.72 bits per heavy atom. The summed E-state index contributed by atoms with van der Waals surface area (Å²) in [4.78, 5) is 12.2. The van der Waals surface area contributed by atoms with Crippen LogP contribution in [0.5, 0.6) is 0 Å². The van der Waals surface area contributed by atoms with Crippen molar-refractivity contribution in [1.29, 1.82) is 0 Å². The Morgan fingerprint density at radius 1 is 1.39 bits per heavy atom. The number of benzene rings is 1. The molecule has 18 heavy (non-hydrogen) atoms. The van der Waals surface area contributed by atoms with Gasteiger partial charge in [0.1, 0.15) is 5.82 Å². The van der Waals surface area contributed by atoms with Gasteiger partial charge in [-0.1, -0.05) is 6.07 Å². The van der Waals surface area contributed by atoms with E-state index in [0.29, 0.717) is 15.0 Å². The molecule has 0 spiro atoms. The zero-order valence-electron chi connectivity index (χ0n) is 9.39. The van der Waals surface area contributed by atoms with E-state index in [4.69, 9.17) is 10.2 Å². The molecule has 0 radical (unpaired) electrons. The molecular weight excluding hydrogens is 257 g/mol. The minimum atomic E-state index is -0.701. The Labute approximate surface area is 107 Å². The molecule has 1 aromatic carbocycles. The topological polar surface area (TPSA) is 69.6 Å². The van der Waals surface area contributed by atoms with Crippen molar-refractivity contribution in [2.75, 3.05) is 13.2 Å². The third-order valence-corrected chi connectivity index (χ3v) is 3.61. The molecule has 4 nitrogen and oxygen atoms in total. The van der Waals surface area contributed by atoms with Crippen LogP contribution in [0.3, 0.4) is 0 Å². The van der Waals surface area contributed by atoms with Crippen molar-refractivity contribution in [2.24, 2.45) is 0 Å². The van der Waals surface area contributed by atoms with Crippen LogP contribution >= 0.6 is 11.3 Å². The molecule has 0 aliphatic carbocycles. The van der Waals surface area contributed by atoms with Gasteiger partial charge < -0.3 is 15.5 Å². The SMILES string of the molecule is O=C(NC(CO)CO)c1cc2c(F)cccc2s1. The first-order chi connectivity index (χ1) is 8.65. The standard InChI is InChI=1S/C12H12FNO3S/c13-9-2-1-3-10-8(9)4-11(18-10)12(17)14-7(5-15)6-16/h1-4,7,15-16H,5-6H2,(H,14,17). The predicted molar refractivity (Wildman–Crippen MR) is 67.2 cm³/mol. The van der Waals surface area contributed by atoms with Gasteiger partial charge in [-0.2, -0.15) is 0 Å². The smallest absolute Gasteiger partial charge is 0.261 e. The molecule has 0 aliphatic rings. The van der Waals surface area contributed by atoms with Gasteiger partial charge in [-0.25, -0.2) is 4.39 Å². The minimum absolute atomic E-state index is 0.346. The van der Waals surface area contributed by atoms with Crippen LogP contribution in [0.15, 0.2) is 24.3 Å². The third kappa shape index (κ3) is 2.50. The van der Waals surface area contributed by atoms with Crippen LogP contribution in [-0.4, -0.2) is 35.4 Å². The lowest BCUT2D eigenvalue weighted by Crippen LogP contribution is -2.39. The van der Waals surface area contributed by atoms with Crippen LogP contribution in [0.25, 0.3) is 10.1 Å². The first kappa shape index (κ1) is 12.9. The van der Waals surface area contributed by atoms with Crippen molar-refractivity contribution in [3.05, 3.63) is 35.0 Å². The summed E-state index contributed by atoms with van der Waals surface area (Å²) in [7, 11) is 0. The fourth-order valence-electron chi connectivity index (χ4n) is 1.54. The van der Waals surface area contributed by atoms with Crippen LogP contribution in [0.1, 0.15) is 9.67 Å². The monoisotopic (exact) mass is 269 g/mol. The first-order valence-corrected chi connectivity index (χ1v) is 6.18. The zero-order chi connectivity index (χ0) is 13.1. The predicted octanol–water partition coefficient (Wildman–Crippen LogP) is 1.12. The molecule has 0 fully saturated rings. The van der Waals surface area contributed by atoms with Crippen LogP contribution in [0.2, 0.25) is 0 Å². The lowest BCUT2D eigenvalue weighted by molar-refractivity contribution is 0.0883.